The molecule has 0 aromatic rings. The highest BCUT2D eigenvalue weighted by Crippen LogP contribution is 2.59. The molecule has 4 rings (SSSR count). The molecule has 2 heteroatoms. The summed E-state index contributed by atoms with van der Waals surface area (Å²) in [4.78, 5) is 7.53. The van der Waals surface area contributed by atoms with E-state index in [0.29, 0.717) is 6.04 Å². The van der Waals surface area contributed by atoms with Gasteiger partial charge in [-0.05, 0) is 43.2 Å². The average Bonchev–Trinajstić information content (AvgIpc) is 2.88. The molecule has 2 bridgehead atoms. The summed E-state index contributed by atoms with van der Waals surface area (Å²) in [5.74, 6) is 1.74. The molecule has 1 saturated carbocycles. The summed E-state index contributed by atoms with van der Waals surface area (Å²) in [6, 6.07) is 0.685. The molecule has 0 aromatic carbocycles. The van der Waals surface area contributed by atoms with Crippen LogP contribution < -0.4 is 0 Å². The van der Waals surface area contributed by atoms with Crippen molar-refractivity contribution in [1.82, 2.24) is 4.90 Å². The fourth-order valence-corrected chi connectivity index (χ4v) is 5.09. The third-order valence-electron chi connectivity index (χ3n) is 6.12. The first-order valence-corrected chi connectivity index (χ1v) is 7.37. The second-order valence-corrected chi connectivity index (χ2v) is 6.58. The maximum atomic E-state index is 4.81. The number of fused-ring (bicyclic) bond motifs is 1. The highest BCUT2D eigenvalue weighted by Gasteiger charge is 2.60. The van der Waals surface area contributed by atoms with Crippen molar-refractivity contribution in [2.75, 3.05) is 13.1 Å². The fraction of sp³-hybridized carbons (Fsp3) is 0.688. The molecule has 18 heavy (non-hydrogen) atoms. The summed E-state index contributed by atoms with van der Waals surface area (Å²) < 4.78 is 0. The highest BCUT2D eigenvalue weighted by molar-refractivity contribution is 6.00. The van der Waals surface area contributed by atoms with Gasteiger partial charge in [0.2, 0.25) is 0 Å². The molecule has 4 atom stereocenters. The second-order valence-electron chi connectivity index (χ2n) is 6.58. The Morgan fingerprint density at radius 1 is 1.44 bits per heavy atom. The number of aliphatic imine (C=N–C) groups is 1. The van der Waals surface area contributed by atoms with Crippen LogP contribution in [0.5, 0.6) is 0 Å². The van der Waals surface area contributed by atoms with Crippen LogP contribution >= 0.6 is 0 Å². The van der Waals surface area contributed by atoms with Crippen LogP contribution in [0.15, 0.2) is 29.4 Å². The van der Waals surface area contributed by atoms with Crippen molar-refractivity contribution >= 4 is 5.71 Å². The van der Waals surface area contributed by atoms with Crippen molar-refractivity contribution in [2.45, 2.75) is 38.6 Å². The highest BCUT2D eigenvalue weighted by atomic mass is 15.2. The van der Waals surface area contributed by atoms with Crippen molar-refractivity contribution in [3.05, 3.63) is 24.4 Å². The number of nitrogens with zero attached hydrogens (tertiary/aromatic N) is 2. The largest absolute Gasteiger partial charge is 0.299 e. The molecule has 2 saturated heterocycles. The molecule has 4 aliphatic rings. The second kappa shape index (κ2) is 3.36. The van der Waals surface area contributed by atoms with E-state index in [4.69, 9.17) is 4.99 Å². The Labute approximate surface area is 109 Å². The number of piperidine rings is 1. The predicted octanol–water partition coefficient (Wildman–Crippen LogP) is 3.02. The summed E-state index contributed by atoms with van der Waals surface area (Å²) >= 11 is 0. The zero-order chi connectivity index (χ0) is 12.5. The smallest absolute Gasteiger partial charge is 0.0593 e. The van der Waals surface area contributed by atoms with Gasteiger partial charge in [0, 0.05) is 18.3 Å². The molecule has 96 valence electrons. The lowest BCUT2D eigenvalue weighted by Crippen LogP contribution is -2.55. The standard InChI is InChI=1S/C16H22N2/c1-4-12-9-18-6-5-16-10(2)11(3)17-14(16)7-13(12)8-15(16)18/h12-13,15H,2-9H2,1H3/t12-,13+,15+,16+/m1/s1. The Bertz CT molecular complexity index is 475. The Morgan fingerprint density at radius 3 is 3.06 bits per heavy atom. The minimum atomic E-state index is 0.201. The molecule has 0 amide bonds. The van der Waals surface area contributed by atoms with E-state index in [0.717, 1.165) is 17.5 Å². The van der Waals surface area contributed by atoms with Gasteiger partial charge < -0.3 is 0 Å². The normalized spacial score (nSPS) is 46.3. The summed E-state index contributed by atoms with van der Waals surface area (Å²) in [6.07, 6.45) is 5.12. The first kappa shape index (κ1) is 11.0. The van der Waals surface area contributed by atoms with E-state index >= 15 is 0 Å². The van der Waals surface area contributed by atoms with Crippen molar-refractivity contribution in [3.8, 4) is 0 Å². The van der Waals surface area contributed by atoms with E-state index in [2.05, 4.69) is 25.0 Å². The third kappa shape index (κ3) is 1.07. The maximum Gasteiger partial charge on any atom is 0.0593 e. The van der Waals surface area contributed by atoms with Gasteiger partial charge in [0.05, 0.1) is 11.1 Å². The van der Waals surface area contributed by atoms with Gasteiger partial charge in [-0.15, -0.1) is 0 Å². The topological polar surface area (TPSA) is 15.6 Å². The van der Waals surface area contributed by atoms with Gasteiger partial charge in [-0.2, -0.15) is 0 Å². The van der Waals surface area contributed by atoms with Crippen LogP contribution in [0, 0.1) is 17.3 Å². The van der Waals surface area contributed by atoms with Crippen molar-refractivity contribution in [1.29, 1.82) is 0 Å². The van der Waals surface area contributed by atoms with Gasteiger partial charge >= 0.3 is 0 Å². The molecular formula is C16H22N2. The molecule has 1 aliphatic carbocycles. The molecule has 2 nitrogen and oxygen atoms in total. The summed E-state index contributed by atoms with van der Waals surface area (Å²) in [6.45, 7) is 13.3. The van der Waals surface area contributed by atoms with E-state index in [1.807, 2.05) is 0 Å². The Kier molecular flexibility index (Phi) is 2.05. The van der Waals surface area contributed by atoms with Crippen LogP contribution in [-0.4, -0.2) is 29.7 Å². The molecular weight excluding hydrogens is 220 g/mol. The Balaban J connectivity index is 1.82. The van der Waals surface area contributed by atoms with E-state index in [9.17, 15) is 0 Å². The maximum absolute atomic E-state index is 4.81. The minimum absolute atomic E-state index is 0.201. The quantitative estimate of drug-likeness (QED) is 0.690. The van der Waals surface area contributed by atoms with Crippen molar-refractivity contribution < 1.29 is 0 Å². The molecule has 3 fully saturated rings. The zero-order valence-corrected chi connectivity index (χ0v) is 11.3. The van der Waals surface area contributed by atoms with Crippen LogP contribution in [0.4, 0.5) is 0 Å². The summed E-state index contributed by atoms with van der Waals surface area (Å²) in [7, 11) is 0. The number of rotatable bonds is 1. The number of hydrogen-bond donors (Lipinski definition) is 0. The Hall–Kier alpha value is -0.890. The summed E-state index contributed by atoms with van der Waals surface area (Å²) in [5, 5.41) is 0. The lowest BCUT2D eigenvalue weighted by Gasteiger charge is -2.50. The van der Waals surface area contributed by atoms with Crippen LogP contribution in [-0.2, 0) is 0 Å². The molecule has 0 N–H and O–H groups in total. The van der Waals surface area contributed by atoms with E-state index in [-0.39, 0.29) is 5.41 Å². The third-order valence-corrected chi connectivity index (χ3v) is 6.12. The van der Waals surface area contributed by atoms with E-state index in [1.165, 1.54) is 50.1 Å². The van der Waals surface area contributed by atoms with Crippen LogP contribution in [0.2, 0.25) is 0 Å². The zero-order valence-electron chi connectivity index (χ0n) is 11.3. The fourth-order valence-electron chi connectivity index (χ4n) is 5.09. The van der Waals surface area contributed by atoms with Gasteiger partial charge in [-0.3, -0.25) is 9.89 Å². The lowest BCUT2D eigenvalue weighted by molar-refractivity contribution is 0.0588. The molecule has 3 heterocycles. The average molecular weight is 242 g/mol. The van der Waals surface area contributed by atoms with Gasteiger partial charge in [0.1, 0.15) is 0 Å². The van der Waals surface area contributed by atoms with Gasteiger partial charge in [0.25, 0.3) is 0 Å². The van der Waals surface area contributed by atoms with Gasteiger partial charge in [0.15, 0.2) is 0 Å². The number of hydrogen-bond acceptors (Lipinski definition) is 2. The first-order chi connectivity index (χ1) is 8.66. The SMILES string of the molecule is C=C1N=C2C[C@H]3C[C@@H]4N(CC[C@]24C1=C)C[C@H]3CC. The van der Waals surface area contributed by atoms with Crippen LogP contribution in [0.3, 0.4) is 0 Å². The number of allylic oxidation sites excluding steroid dienone is 1. The Morgan fingerprint density at radius 2 is 2.28 bits per heavy atom. The monoisotopic (exact) mass is 242 g/mol. The van der Waals surface area contributed by atoms with Gasteiger partial charge in [-0.25, -0.2) is 0 Å². The molecule has 0 unspecified atom stereocenters. The van der Waals surface area contributed by atoms with E-state index < -0.39 is 0 Å². The van der Waals surface area contributed by atoms with Crippen LogP contribution in [0.25, 0.3) is 0 Å². The van der Waals surface area contributed by atoms with Crippen molar-refractivity contribution in [2.24, 2.45) is 22.2 Å². The van der Waals surface area contributed by atoms with Gasteiger partial charge in [-0.1, -0.05) is 26.5 Å². The minimum Gasteiger partial charge on any atom is -0.299 e. The van der Waals surface area contributed by atoms with E-state index in [1.54, 1.807) is 0 Å². The lowest BCUT2D eigenvalue weighted by atomic mass is 9.59. The van der Waals surface area contributed by atoms with Crippen LogP contribution in [0.1, 0.15) is 32.6 Å². The molecule has 0 aromatic heterocycles. The van der Waals surface area contributed by atoms with Crippen molar-refractivity contribution in [3.63, 3.8) is 0 Å². The summed E-state index contributed by atoms with van der Waals surface area (Å²) in [5.41, 5.74) is 3.83. The molecule has 3 aliphatic heterocycles. The molecule has 0 radical (unpaired) electrons. The first-order valence-electron chi connectivity index (χ1n) is 7.37. The predicted molar refractivity (Wildman–Crippen MR) is 74.6 cm³/mol. The molecule has 1 spiro atoms.